The van der Waals surface area contributed by atoms with Gasteiger partial charge in [0.25, 0.3) is 0 Å². The van der Waals surface area contributed by atoms with Crippen LogP contribution in [0.4, 0.5) is 0 Å². The fourth-order valence-corrected chi connectivity index (χ4v) is 5.43. The van der Waals surface area contributed by atoms with Gasteiger partial charge in [0.15, 0.2) is 11.5 Å². The van der Waals surface area contributed by atoms with Crippen molar-refractivity contribution in [2.24, 2.45) is 0 Å². The van der Waals surface area contributed by atoms with Gasteiger partial charge >= 0.3 is 0 Å². The maximum atomic E-state index is 12.3. The molecule has 2 aliphatic heterocycles. The Bertz CT molecular complexity index is 745. The molecule has 0 spiro atoms. The molecule has 1 N–H and O–H groups in total. The predicted molar refractivity (Wildman–Crippen MR) is 83.3 cm³/mol. The number of aliphatic hydroxyl groups is 1. The first-order valence-corrected chi connectivity index (χ1v) is 8.37. The third kappa shape index (κ3) is 1.48. The highest BCUT2D eigenvalue weighted by atomic mass is 16.6. The molecule has 3 atom stereocenters. The lowest BCUT2D eigenvalue weighted by Crippen LogP contribution is -2.72. The van der Waals surface area contributed by atoms with E-state index in [1.54, 1.807) is 7.11 Å². The van der Waals surface area contributed by atoms with Crippen LogP contribution >= 0.6 is 0 Å². The maximum Gasteiger partial charge on any atom is 0.212 e. The fourth-order valence-electron chi connectivity index (χ4n) is 5.43. The van der Waals surface area contributed by atoms with Crippen molar-refractivity contribution in [3.63, 3.8) is 0 Å². The summed E-state index contributed by atoms with van der Waals surface area (Å²) in [5.74, 6) is 2.73. The van der Waals surface area contributed by atoms with Crippen molar-refractivity contribution in [1.29, 1.82) is 0 Å². The number of fused-ring (bicyclic) bond motifs is 3. The first-order valence-electron chi connectivity index (χ1n) is 8.37. The van der Waals surface area contributed by atoms with Gasteiger partial charge in [-0.15, -0.1) is 0 Å². The molecular weight excluding hydrogens is 294 g/mol. The second-order valence-corrected chi connectivity index (χ2v) is 7.54. The van der Waals surface area contributed by atoms with E-state index in [4.69, 9.17) is 9.47 Å². The molecule has 2 fully saturated rings. The number of carbonyl (C=O) groups is 1. The van der Waals surface area contributed by atoms with Crippen molar-refractivity contribution in [2.45, 2.75) is 49.2 Å². The van der Waals surface area contributed by atoms with Crippen LogP contribution in [-0.2, 0) is 16.6 Å². The van der Waals surface area contributed by atoms with Crippen LogP contribution in [0.1, 0.15) is 36.8 Å². The molecule has 0 aromatic heterocycles. The molecule has 5 nitrogen and oxygen atoms in total. The number of hydrogen-bond acceptors (Lipinski definition) is 5. The molecule has 23 heavy (non-hydrogen) atoms. The summed E-state index contributed by atoms with van der Waals surface area (Å²) in [6, 6.07) is 2.07. The number of benzene rings is 1. The summed E-state index contributed by atoms with van der Waals surface area (Å²) < 4.78 is 11.1. The van der Waals surface area contributed by atoms with Gasteiger partial charge < -0.3 is 19.5 Å². The summed E-state index contributed by atoms with van der Waals surface area (Å²) in [6.07, 6.45) is 3.06. The molecule has 0 amide bonds. The third-order valence-electron chi connectivity index (χ3n) is 6.69. The molecule has 122 valence electrons. The molecule has 2 aliphatic carbocycles. The van der Waals surface area contributed by atoms with Gasteiger partial charge in [-0.2, -0.15) is 0 Å². The summed E-state index contributed by atoms with van der Waals surface area (Å²) >= 11 is 0. The van der Waals surface area contributed by atoms with Gasteiger partial charge in [0, 0.05) is 29.9 Å². The van der Waals surface area contributed by atoms with Crippen LogP contribution in [0.5, 0.6) is 17.2 Å². The minimum atomic E-state index is -0.838. The summed E-state index contributed by atoms with van der Waals surface area (Å²) in [5, 5.41) is 11.7. The quantitative estimate of drug-likeness (QED) is 0.813. The number of carbonyl (C=O) groups excluding carboxylic acids is 1. The molecule has 1 saturated heterocycles. The van der Waals surface area contributed by atoms with Gasteiger partial charge in [-0.05, 0) is 44.5 Å². The van der Waals surface area contributed by atoms with Crippen LogP contribution in [0.15, 0.2) is 6.07 Å². The molecule has 2 bridgehead atoms. The summed E-state index contributed by atoms with van der Waals surface area (Å²) in [5.41, 5.74) is 0.943. The Balaban J connectivity index is 1.79. The van der Waals surface area contributed by atoms with E-state index >= 15 is 0 Å². The Hall–Kier alpha value is -1.59. The second kappa shape index (κ2) is 4.08. The van der Waals surface area contributed by atoms with E-state index in [2.05, 4.69) is 11.9 Å². The van der Waals surface area contributed by atoms with E-state index in [0.29, 0.717) is 19.3 Å². The van der Waals surface area contributed by atoms with Crippen molar-refractivity contribution >= 4 is 5.78 Å². The summed E-state index contributed by atoms with van der Waals surface area (Å²) in [4.78, 5) is 14.6. The molecule has 1 unspecified atom stereocenters. The number of ether oxygens (including phenoxy) is 2. The Morgan fingerprint density at radius 3 is 3.00 bits per heavy atom. The average Bonchev–Trinajstić information content (AvgIpc) is 3.31. The van der Waals surface area contributed by atoms with Crippen LogP contribution in [0.25, 0.3) is 0 Å². The lowest BCUT2D eigenvalue weighted by molar-refractivity contribution is -0.168. The van der Waals surface area contributed by atoms with Crippen molar-refractivity contribution in [3.8, 4) is 17.2 Å². The maximum absolute atomic E-state index is 12.3. The molecule has 1 aromatic carbocycles. The number of ketones is 1. The van der Waals surface area contributed by atoms with Crippen LogP contribution < -0.4 is 9.47 Å². The minimum Gasteiger partial charge on any atom is -0.493 e. The van der Waals surface area contributed by atoms with Gasteiger partial charge in [0.1, 0.15) is 5.78 Å². The molecule has 1 saturated carbocycles. The number of nitrogens with zero attached hydrogens (tertiary/aromatic N) is 1. The van der Waals surface area contributed by atoms with E-state index < -0.39 is 11.0 Å². The zero-order valence-corrected chi connectivity index (χ0v) is 13.5. The zero-order valence-electron chi connectivity index (χ0n) is 13.5. The Morgan fingerprint density at radius 1 is 1.39 bits per heavy atom. The van der Waals surface area contributed by atoms with Gasteiger partial charge in [-0.3, -0.25) is 4.79 Å². The van der Waals surface area contributed by atoms with Crippen molar-refractivity contribution in [2.75, 3.05) is 20.7 Å². The topological polar surface area (TPSA) is 62.3 Å². The van der Waals surface area contributed by atoms with Crippen LogP contribution in [0.2, 0.25) is 0 Å². The normalized spacial score (nSPS) is 37.3. The SMILES string of the molecule is COc1cc2c(c3c1O3)C[C@H]1N(C)CC[C@@]23CC(=O)CCC13O. The van der Waals surface area contributed by atoms with E-state index in [-0.39, 0.29) is 11.8 Å². The van der Waals surface area contributed by atoms with Gasteiger partial charge in [-0.25, -0.2) is 0 Å². The summed E-state index contributed by atoms with van der Waals surface area (Å²) in [6.45, 7) is 0.903. The molecule has 1 aromatic rings. The number of methoxy groups -OCH3 is 1. The number of likely N-dealkylation sites (N-methyl/N-ethyl adjacent to an activating group) is 1. The predicted octanol–water partition coefficient (Wildman–Crippen LogP) is 1.78. The minimum absolute atomic E-state index is 0.0542. The van der Waals surface area contributed by atoms with E-state index in [1.165, 1.54) is 5.56 Å². The van der Waals surface area contributed by atoms with E-state index in [1.807, 2.05) is 6.07 Å². The van der Waals surface area contributed by atoms with Crippen LogP contribution in [0.3, 0.4) is 0 Å². The van der Waals surface area contributed by atoms with Gasteiger partial charge in [0.2, 0.25) is 5.75 Å². The van der Waals surface area contributed by atoms with Gasteiger partial charge in [0.05, 0.1) is 12.7 Å². The Labute approximate surface area is 135 Å². The first-order chi connectivity index (χ1) is 11.0. The van der Waals surface area contributed by atoms with Crippen molar-refractivity contribution < 1.29 is 19.4 Å². The van der Waals surface area contributed by atoms with Gasteiger partial charge in [-0.1, -0.05) is 0 Å². The third-order valence-corrected chi connectivity index (χ3v) is 6.69. The van der Waals surface area contributed by atoms with E-state index in [9.17, 15) is 9.90 Å². The highest BCUT2D eigenvalue weighted by Gasteiger charge is 2.65. The Morgan fingerprint density at radius 2 is 2.22 bits per heavy atom. The van der Waals surface area contributed by atoms with Crippen molar-refractivity contribution in [1.82, 2.24) is 4.90 Å². The molecule has 0 radical (unpaired) electrons. The second-order valence-electron chi connectivity index (χ2n) is 7.54. The molecular formula is C18H21NO4. The highest BCUT2D eigenvalue weighted by Crippen LogP contribution is 2.65. The lowest BCUT2D eigenvalue weighted by atomic mass is 9.49. The molecule has 5 heteroatoms. The molecule has 4 aliphatic rings. The van der Waals surface area contributed by atoms with E-state index in [0.717, 1.165) is 42.2 Å². The summed E-state index contributed by atoms with van der Waals surface area (Å²) in [7, 11) is 3.72. The standard InChI is InChI=1S/C18H21NO4/c1-19-6-5-17-9-10(20)3-4-18(17,21)14(19)7-11-12(17)8-13(22-2)16-15(11)23-16/h8,14,21H,3-7,9H2,1-2H3/t14-,17-,18?/m1/s1. The lowest BCUT2D eigenvalue weighted by Gasteiger charge is -2.62. The van der Waals surface area contributed by atoms with Crippen LogP contribution in [-0.4, -0.2) is 48.1 Å². The number of hydrogen-bond donors (Lipinski definition) is 1. The number of Topliss-reactive ketones (excluding diaryl/α,β-unsaturated/α-hetero) is 1. The average molecular weight is 315 g/mol. The molecule has 5 rings (SSSR count). The number of piperidine rings is 1. The first kappa shape index (κ1) is 13.8. The highest BCUT2D eigenvalue weighted by molar-refractivity contribution is 5.83. The number of likely N-dealkylation sites (tertiary alicyclic amines) is 1. The van der Waals surface area contributed by atoms with Crippen LogP contribution in [0, 0.1) is 0 Å². The monoisotopic (exact) mass is 315 g/mol. The van der Waals surface area contributed by atoms with Crippen molar-refractivity contribution in [3.05, 3.63) is 17.2 Å². The Kier molecular flexibility index (Phi) is 2.45. The largest absolute Gasteiger partial charge is 0.493 e. The zero-order chi connectivity index (χ0) is 16.0. The number of rotatable bonds is 1. The molecule has 2 heterocycles. The smallest absolute Gasteiger partial charge is 0.212 e. The fraction of sp³-hybridized carbons (Fsp3) is 0.611.